The van der Waals surface area contributed by atoms with Crippen LogP contribution in [0.2, 0.25) is 0 Å². The average molecular weight is 845 g/mol. The fourth-order valence-corrected chi connectivity index (χ4v) is 10.6. The maximum absolute atomic E-state index is 9.75. The number of hydrogen-bond donors (Lipinski definition) is 2. The fraction of sp³-hybridized carbons (Fsp3) is 0. The first-order chi connectivity index (χ1) is 25.8. The van der Waals surface area contributed by atoms with E-state index in [2.05, 4.69) is 120 Å². The van der Waals surface area contributed by atoms with Crippen LogP contribution in [0.25, 0.3) is 0 Å². The topological polar surface area (TPSA) is 65.2 Å². The van der Waals surface area contributed by atoms with E-state index in [4.69, 9.17) is 10.4 Å². The molecule has 6 rings (SSSR count). The zero-order valence-electron chi connectivity index (χ0n) is 28.6. The number of oxime groups is 2. The molecule has 2 N–H and O–H groups in total. The minimum Gasteiger partial charge on any atom is -0.418 e. The van der Waals surface area contributed by atoms with E-state index in [1.165, 1.54) is 44.3 Å². The predicted octanol–water partition coefficient (Wildman–Crippen LogP) is 8.57. The van der Waals surface area contributed by atoms with Gasteiger partial charge in [-0.2, -0.15) is 0 Å². The van der Waals surface area contributed by atoms with Gasteiger partial charge in [0.2, 0.25) is 0 Å². The molecule has 0 atom stereocenters. The molecule has 0 saturated heterocycles. The van der Waals surface area contributed by atoms with Crippen LogP contribution in [0.1, 0.15) is 11.1 Å². The second-order valence-corrected chi connectivity index (χ2v) is 15.8. The summed E-state index contributed by atoms with van der Waals surface area (Å²) in [5.74, 6) is 0. The quantitative estimate of drug-likeness (QED) is 0.0403. The van der Waals surface area contributed by atoms with Gasteiger partial charge in [0.05, 0.1) is 28.3 Å². The molecule has 0 aliphatic heterocycles. The molecule has 0 unspecified atom stereocenters. The van der Waals surface area contributed by atoms with Gasteiger partial charge in [0.1, 0.15) is 31.8 Å². The van der Waals surface area contributed by atoms with Gasteiger partial charge in [0.25, 0.3) is 0 Å². The minimum atomic E-state index is -6.00. The molecule has 4 nitrogen and oxygen atoms in total. The van der Waals surface area contributed by atoms with E-state index in [9.17, 15) is 34.5 Å². The molecule has 0 bridgehead atoms. The molecular formula is C38H34B2F8N2NiO2P2+2. The molecule has 0 amide bonds. The third kappa shape index (κ3) is 17.5. The first-order valence-corrected chi connectivity index (χ1v) is 19.0. The van der Waals surface area contributed by atoms with E-state index in [-0.39, 0.29) is 16.5 Å². The number of benzene rings is 6. The molecule has 288 valence electrons. The zero-order chi connectivity index (χ0) is 39.4. The number of rotatable bonds is 8. The van der Waals surface area contributed by atoms with Crippen molar-refractivity contribution in [3.05, 3.63) is 181 Å². The van der Waals surface area contributed by atoms with Crippen molar-refractivity contribution >= 4 is 74.6 Å². The van der Waals surface area contributed by atoms with E-state index in [1.54, 1.807) is 0 Å². The van der Waals surface area contributed by atoms with Gasteiger partial charge in [-0.15, -0.1) is 0 Å². The summed E-state index contributed by atoms with van der Waals surface area (Å²) in [5, 5.41) is 32.1. The van der Waals surface area contributed by atoms with Crippen LogP contribution in [0.4, 0.5) is 34.5 Å². The van der Waals surface area contributed by atoms with Crippen molar-refractivity contribution in [2.45, 2.75) is 0 Å². The van der Waals surface area contributed by atoms with Crippen molar-refractivity contribution in [3.63, 3.8) is 0 Å². The van der Waals surface area contributed by atoms with E-state index >= 15 is 0 Å². The molecule has 0 aromatic heterocycles. The largest absolute Gasteiger partial charge is 2.00 e. The Hall–Kier alpha value is -4.82. The molecule has 0 aliphatic rings. The smallest absolute Gasteiger partial charge is 0.418 e. The molecule has 17 heteroatoms. The normalized spacial score (nSPS) is 11.1. The summed E-state index contributed by atoms with van der Waals surface area (Å²) in [6.45, 7) is 0. The first kappa shape index (κ1) is 46.3. The summed E-state index contributed by atoms with van der Waals surface area (Å²) in [7, 11) is -14.3. The van der Waals surface area contributed by atoms with Gasteiger partial charge in [0, 0.05) is 11.1 Å². The van der Waals surface area contributed by atoms with E-state index in [0.717, 1.165) is 11.1 Å². The maximum atomic E-state index is 9.75. The summed E-state index contributed by atoms with van der Waals surface area (Å²) >= 11 is 0. The second kappa shape index (κ2) is 23.9. The Morgan fingerprint density at radius 1 is 0.364 bits per heavy atom. The number of hydrogen-bond acceptors (Lipinski definition) is 4. The van der Waals surface area contributed by atoms with Crippen molar-refractivity contribution in [3.8, 4) is 0 Å². The third-order valence-electron chi connectivity index (χ3n) is 7.10. The Morgan fingerprint density at radius 3 is 0.782 bits per heavy atom. The van der Waals surface area contributed by atoms with Crippen LogP contribution in [0, 0.1) is 0 Å². The SMILES string of the molecule is F[B-](F)(F)F.F[B-](F)(F)F.O/N=C/c1ccccc1[PH+](c1ccccc1)c1ccccc1.O/N=C/c1ccccc1[PH+](c1ccccc1)c1ccccc1.[Ni+2]. The van der Waals surface area contributed by atoms with Gasteiger partial charge in [-0.05, 0) is 72.8 Å². The van der Waals surface area contributed by atoms with Gasteiger partial charge in [-0.25, -0.2) is 0 Å². The molecule has 0 fully saturated rings. The standard InChI is InChI=1S/2C19H16NOP.2BF4.Ni/c2*21-20-15-16-9-7-8-14-19(16)22(17-10-3-1-4-11-17)18-12-5-2-6-13-18;2*2-1(3,4)5;/h2*1-15,21H;;;/q;;2*-1;+2/p+2/b2*20-15+;;;. The summed E-state index contributed by atoms with van der Waals surface area (Å²) in [4.78, 5) is 0. The van der Waals surface area contributed by atoms with E-state index in [1.807, 2.05) is 60.7 Å². The minimum absolute atomic E-state index is 0. The second-order valence-electron chi connectivity index (χ2n) is 10.9. The summed E-state index contributed by atoms with van der Waals surface area (Å²) < 4.78 is 78.0. The Bertz CT molecular complexity index is 1780. The molecule has 0 radical (unpaired) electrons. The maximum Gasteiger partial charge on any atom is 2.00 e. The van der Waals surface area contributed by atoms with Crippen LogP contribution in [-0.4, -0.2) is 37.4 Å². The predicted molar refractivity (Wildman–Crippen MR) is 212 cm³/mol. The molecule has 55 heavy (non-hydrogen) atoms. The molecule has 0 aliphatic carbocycles. The third-order valence-corrected chi connectivity index (χ3v) is 12.7. The Balaban J connectivity index is 0.000000301. The Kier molecular flexibility index (Phi) is 20.1. The summed E-state index contributed by atoms with van der Waals surface area (Å²) in [5.41, 5.74) is 1.93. The Morgan fingerprint density at radius 2 is 0.564 bits per heavy atom. The van der Waals surface area contributed by atoms with Crippen molar-refractivity contribution in [2.75, 3.05) is 0 Å². The van der Waals surface area contributed by atoms with Crippen molar-refractivity contribution in [1.29, 1.82) is 0 Å². The van der Waals surface area contributed by atoms with Crippen molar-refractivity contribution < 1.29 is 61.4 Å². The summed E-state index contributed by atoms with van der Waals surface area (Å²) in [6, 6.07) is 58.4. The summed E-state index contributed by atoms with van der Waals surface area (Å²) in [6.07, 6.45) is 3.04. The number of halogens is 8. The monoisotopic (exact) mass is 844 g/mol. The van der Waals surface area contributed by atoms with Gasteiger partial charge in [0.15, 0.2) is 0 Å². The molecule has 0 heterocycles. The van der Waals surface area contributed by atoms with Crippen LogP contribution in [0.3, 0.4) is 0 Å². The molecule has 0 saturated carbocycles. The molecular weight excluding hydrogens is 811 g/mol. The molecule has 0 spiro atoms. The van der Waals surface area contributed by atoms with Crippen LogP contribution in [0.15, 0.2) is 180 Å². The van der Waals surface area contributed by atoms with E-state index in [0.29, 0.717) is 0 Å². The zero-order valence-corrected chi connectivity index (χ0v) is 31.6. The average Bonchev–Trinajstić information content (AvgIpc) is 3.14. The van der Waals surface area contributed by atoms with Gasteiger partial charge in [-0.3, -0.25) is 0 Å². The van der Waals surface area contributed by atoms with Gasteiger partial charge in [-0.1, -0.05) is 107 Å². The van der Waals surface area contributed by atoms with E-state index < -0.39 is 30.4 Å². The van der Waals surface area contributed by atoms with Crippen LogP contribution in [0.5, 0.6) is 0 Å². The number of nitrogens with zero attached hydrogens (tertiary/aromatic N) is 2. The van der Waals surface area contributed by atoms with Crippen LogP contribution >= 0.6 is 15.8 Å². The van der Waals surface area contributed by atoms with Crippen LogP contribution < -0.4 is 31.8 Å². The van der Waals surface area contributed by atoms with Crippen molar-refractivity contribution in [2.24, 2.45) is 10.3 Å². The van der Waals surface area contributed by atoms with Crippen molar-refractivity contribution in [1.82, 2.24) is 0 Å². The van der Waals surface area contributed by atoms with Gasteiger partial charge < -0.3 is 44.9 Å². The van der Waals surface area contributed by atoms with Crippen LogP contribution in [-0.2, 0) is 16.5 Å². The van der Waals surface area contributed by atoms with Gasteiger partial charge >= 0.3 is 31.0 Å². The molecule has 6 aromatic carbocycles. The first-order valence-electron chi connectivity index (χ1n) is 16.0. The fourth-order valence-electron chi connectivity index (χ4n) is 5.17. The molecule has 6 aromatic rings. The Labute approximate surface area is 326 Å².